The van der Waals surface area contributed by atoms with E-state index < -0.39 is 0 Å². The number of hydrogen-bond acceptors (Lipinski definition) is 4. The first-order chi connectivity index (χ1) is 11.2. The zero-order valence-corrected chi connectivity index (χ0v) is 13.3. The lowest BCUT2D eigenvalue weighted by Crippen LogP contribution is -2.20. The zero-order valence-electron chi connectivity index (χ0n) is 12.6. The van der Waals surface area contributed by atoms with Gasteiger partial charge in [-0.05, 0) is 30.3 Å². The molecule has 2 heterocycles. The van der Waals surface area contributed by atoms with Crippen LogP contribution in [-0.4, -0.2) is 35.0 Å². The Bertz CT molecular complexity index is 804. The van der Waals surface area contributed by atoms with Crippen molar-refractivity contribution in [1.82, 2.24) is 20.1 Å². The molecule has 0 saturated carbocycles. The average Bonchev–Trinajstić information content (AvgIpc) is 2.96. The highest BCUT2D eigenvalue weighted by Crippen LogP contribution is 2.24. The lowest BCUT2D eigenvalue weighted by Gasteiger charge is -2.09. The number of nitrogens with zero attached hydrogens (tertiary/aromatic N) is 3. The summed E-state index contributed by atoms with van der Waals surface area (Å²) in [4.78, 5) is 4.40. The smallest absolute Gasteiger partial charge is 0.130 e. The van der Waals surface area contributed by atoms with E-state index in [1.54, 1.807) is 36.2 Å². The van der Waals surface area contributed by atoms with E-state index in [0.717, 1.165) is 22.3 Å². The fourth-order valence-electron chi connectivity index (χ4n) is 2.38. The van der Waals surface area contributed by atoms with Crippen LogP contribution in [0.15, 0.2) is 36.5 Å². The van der Waals surface area contributed by atoms with Gasteiger partial charge >= 0.3 is 0 Å². The van der Waals surface area contributed by atoms with E-state index in [1.807, 2.05) is 0 Å². The van der Waals surface area contributed by atoms with Crippen LogP contribution in [0.2, 0.25) is 5.15 Å². The van der Waals surface area contributed by atoms with E-state index >= 15 is 0 Å². The topological polar surface area (TPSA) is 52.0 Å². The number of hydrogen-bond donors (Lipinski definition) is 1. The minimum Gasteiger partial charge on any atom is -0.383 e. The molecule has 0 spiro atoms. The molecule has 0 saturated heterocycles. The molecule has 2 aromatic heterocycles. The van der Waals surface area contributed by atoms with E-state index in [9.17, 15) is 4.39 Å². The molecule has 0 fully saturated rings. The maximum absolute atomic E-state index is 13.1. The standard InChI is InChI=1S/C16H16ClFN4O/c1-23-7-6-19-10-14-16-11(8-15(17)21-14)9-20-22(16)13-4-2-12(18)3-5-13/h2-5,8-9,19H,6-7,10H2,1H3. The Morgan fingerprint density at radius 1 is 1.30 bits per heavy atom. The number of halogens is 2. The average molecular weight is 335 g/mol. The fourth-order valence-corrected chi connectivity index (χ4v) is 2.60. The SMILES string of the molecule is COCCNCc1nc(Cl)cc2cnn(-c3ccc(F)cc3)c12. The number of benzene rings is 1. The van der Waals surface area contributed by atoms with Crippen molar-refractivity contribution in [2.24, 2.45) is 0 Å². The number of ether oxygens (including phenoxy) is 1. The number of methoxy groups -OCH3 is 1. The van der Waals surface area contributed by atoms with Crippen molar-refractivity contribution in [1.29, 1.82) is 0 Å². The Morgan fingerprint density at radius 3 is 2.83 bits per heavy atom. The normalized spacial score (nSPS) is 11.3. The second-order valence-electron chi connectivity index (χ2n) is 5.03. The van der Waals surface area contributed by atoms with E-state index in [-0.39, 0.29) is 5.82 Å². The number of fused-ring (bicyclic) bond motifs is 1. The molecule has 0 bridgehead atoms. The van der Waals surface area contributed by atoms with Gasteiger partial charge in [0.05, 0.1) is 29.7 Å². The maximum Gasteiger partial charge on any atom is 0.130 e. The van der Waals surface area contributed by atoms with Crippen LogP contribution in [0, 0.1) is 5.82 Å². The van der Waals surface area contributed by atoms with Crippen molar-refractivity contribution >= 4 is 22.5 Å². The summed E-state index contributed by atoms with van der Waals surface area (Å²) in [6, 6.07) is 7.94. The van der Waals surface area contributed by atoms with Gasteiger partial charge in [0, 0.05) is 25.6 Å². The Kier molecular flexibility index (Phi) is 4.85. The van der Waals surface area contributed by atoms with E-state index in [0.29, 0.717) is 24.8 Å². The highest BCUT2D eigenvalue weighted by molar-refractivity contribution is 6.30. The van der Waals surface area contributed by atoms with Crippen molar-refractivity contribution in [3.05, 3.63) is 53.2 Å². The summed E-state index contributed by atoms with van der Waals surface area (Å²) in [5, 5.41) is 8.94. The second kappa shape index (κ2) is 7.04. The first-order valence-corrected chi connectivity index (χ1v) is 7.55. The summed E-state index contributed by atoms with van der Waals surface area (Å²) >= 11 is 6.09. The summed E-state index contributed by atoms with van der Waals surface area (Å²) in [7, 11) is 1.65. The highest BCUT2D eigenvalue weighted by atomic mass is 35.5. The van der Waals surface area contributed by atoms with Crippen LogP contribution < -0.4 is 5.32 Å². The minimum absolute atomic E-state index is 0.284. The molecule has 0 radical (unpaired) electrons. The van der Waals surface area contributed by atoms with Crippen molar-refractivity contribution in [2.45, 2.75) is 6.54 Å². The van der Waals surface area contributed by atoms with E-state index in [4.69, 9.17) is 16.3 Å². The third-order valence-electron chi connectivity index (χ3n) is 3.43. The quantitative estimate of drug-likeness (QED) is 0.556. The van der Waals surface area contributed by atoms with Gasteiger partial charge in [-0.25, -0.2) is 14.1 Å². The number of pyridine rings is 1. The summed E-state index contributed by atoms with van der Waals surface area (Å²) in [6.45, 7) is 1.85. The van der Waals surface area contributed by atoms with Crippen LogP contribution in [-0.2, 0) is 11.3 Å². The van der Waals surface area contributed by atoms with Gasteiger partial charge in [-0.1, -0.05) is 11.6 Å². The molecule has 0 aliphatic rings. The molecule has 0 amide bonds. The number of rotatable bonds is 6. The number of aromatic nitrogens is 3. The molecule has 3 aromatic rings. The summed E-state index contributed by atoms with van der Waals surface area (Å²) in [5.74, 6) is -0.284. The number of nitrogens with one attached hydrogen (secondary N) is 1. The molecule has 0 atom stereocenters. The molecule has 0 aliphatic heterocycles. The fraction of sp³-hybridized carbons (Fsp3) is 0.250. The molecule has 1 N–H and O–H groups in total. The molecular weight excluding hydrogens is 319 g/mol. The molecular formula is C16H16ClFN4O. The zero-order chi connectivity index (χ0) is 16.2. The van der Waals surface area contributed by atoms with E-state index in [2.05, 4.69) is 15.4 Å². The molecule has 23 heavy (non-hydrogen) atoms. The lowest BCUT2D eigenvalue weighted by atomic mass is 10.2. The van der Waals surface area contributed by atoms with Crippen LogP contribution >= 0.6 is 11.6 Å². The van der Waals surface area contributed by atoms with Gasteiger partial charge in [-0.2, -0.15) is 5.10 Å². The van der Waals surface area contributed by atoms with Crippen LogP contribution in [0.5, 0.6) is 0 Å². The van der Waals surface area contributed by atoms with Crippen LogP contribution in [0.25, 0.3) is 16.6 Å². The second-order valence-corrected chi connectivity index (χ2v) is 5.42. The monoisotopic (exact) mass is 334 g/mol. The van der Waals surface area contributed by atoms with Gasteiger partial charge in [0.1, 0.15) is 11.0 Å². The van der Waals surface area contributed by atoms with Gasteiger partial charge in [-0.15, -0.1) is 0 Å². The van der Waals surface area contributed by atoms with Crippen molar-refractivity contribution in [3.8, 4) is 5.69 Å². The van der Waals surface area contributed by atoms with Crippen LogP contribution in [0.1, 0.15) is 5.69 Å². The molecule has 1 aromatic carbocycles. The Balaban J connectivity index is 2.00. The highest BCUT2D eigenvalue weighted by Gasteiger charge is 2.12. The minimum atomic E-state index is -0.284. The molecule has 5 nitrogen and oxygen atoms in total. The molecule has 120 valence electrons. The first-order valence-electron chi connectivity index (χ1n) is 7.18. The third-order valence-corrected chi connectivity index (χ3v) is 3.63. The largest absolute Gasteiger partial charge is 0.383 e. The van der Waals surface area contributed by atoms with Crippen molar-refractivity contribution in [3.63, 3.8) is 0 Å². The first kappa shape index (κ1) is 15.9. The molecule has 0 unspecified atom stereocenters. The van der Waals surface area contributed by atoms with Gasteiger partial charge in [0.25, 0.3) is 0 Å². The lowest BCUT2D eigenvalue weighted by molar-refractivity contribution is 0.199. The Morgan fingerprint density at radius 2 is 2.09 bits per heavy atom. The Hall–Kier alpha value is -2.02. The van der Waals surface area contributed by atoms with Gasteiger partial charge in [-0.3, -0.25) is 0 Å². The summed E-state index contributed by atoms with van der Waals surface area (Å²) < 4.78 is 19.9. The van der Waals surface area contributed by atoms with Crippen LogP contribution in [0.4, 0.5) is 4.39 Å². The third kappa shape index (κ3) is 3.50. The summed E-state index contributed by atoms with van der Waals surface area (Å²) in [6.07, 6.45) is 1.73. The molecule has 0 aliphatic carbocycles. The van der Waals surface area contributed by atoms with Crippen LogP contribution in [0.3, 0.4) is 0 Å². The van der Waals surface area contributed by atoms with Gasteiger partial charge < -0.3 is 10.1 Å². The summed E-state index contributed by atoms with van der Waals surface area (Å²) in [5.41, 5.74) is 2.40. The molecule has 7 heteroatoms. The molecule has 3 rings (SSSR count). The maximum atomic E-state index is 13.1. The predicted octanol–water partition coefficient (Wildman–Crippen LogP) is 2.95. The van der Waals surface area contributed by atoms with Crippen molar-refractivity contribution in [2.75, 3.05) is 20.3 Å². The van der Waals surface area contributed by atoms with Crippen molar-refractivity contribution < 1.29 is 9.13 Å². The predicted molar refractivity (Wildman–Crippen MR) is 87.4 cm³/mol. The van der Waals surface area contributed by atoms with Gasteiger partial charge in [0.2, 0.25) is 0 Å². The van der Waals surface area contributed by atoms with E-state index in [1.165, 1.54) is 12.1 Å². The van der Waals surface area contributed by atoms with Gasteiger partial charge in [0.15, 0.2) is 0 Å². The Labute approximate surface area is 138 Å².